The predicted octanol–water partition coefficient (Wildman–Crippen LogP) is 10.9. The monoisotopic (exact) mass is 1010 g/mol. The number of nitrogens with zero attached hydrogens (tertiary/aromatic N) is 4. The maximum Gasteiger partial charge on any atom is 0.319 e. The molecule has 6 amide bonds. The van der Waals surface area contributed by atoms with Crippen LogP contribution in [0.15, 0.2) is 91.4 Å². The van der Waals surface area contributed by atoms with Crippen molar-refractivity contribution >= 4 is 41.6 Å². The number of hydrogen-bond acceptors (Lipinski definition) is 10. The number of amides is 6. The summed E-state index contributed by atoms with van der Waals surface area (Å²) >= 11 is 0. The summed E-state index contributed by atoms with van der Waals surface area (Å²) in [7, 11) is 0. The molecule has 8 rings (SSSR count). The topological polar surface area (TPSA) is 235 Å². The average Bonchev–Trinajstić information content (AvgIpc) is 4.30. The molecule has 0 atom stereocenters. The van der Waals surface area contributed by atoms with Gasteiger partial charge < -0.3 is 42.2 Å². The van der Waals surface area contributed by atoms with Crippen molar-refractivity contribution < 1.29 is 37.8 Å². The van der Waals surface area contributed by atoms with E-state index in [0.717, 1.165) is 57.5 Å². The minimum atomic E-state index is -0.508. The molecule has 4 heterocycles. The van der Waals surface area contributed by atoms with Crippen molar-refractivity contribution in [3.05, 3.63) is 120 Å². The lowest BCUT2D eigenvalue weighted by Crippen LogP contribution is -2.30. The van der Waals surface area contributed by atoms with Gasteiger partial charge in [-0.25, -0.2) is 28.3 Å². The fraction of sp³-hybridized carbons (Fsp3) is 0.357. The summed E-state index contributed by atoms with van der Waals surface area (Å²) in [5.74, 6) is -0.437. The lowest BCUT2D eigenvalue weighted by molar-refractivity contribution is -0.114. The molecule has 392 valence electrons. The van der Waals surface area contributed by atoms with Crippen LogP contribution in [0, 0.1) is 43.2 Å². The number of hydrogen-bond donors (Lipinski definition) is 7. The fourth-order valence-corrected chi connectivity index (χ4v) is 7.71. The highest BCUT2D eigenvalue weighted by Crippen LogP contribution is 2.48. The van der Waals surface area contributed by atoms with Crippen molar-refractivity contribution in [2.45, 2.75) is 93.9 Å². The third-order valence-electron chi connectivity index (χ3n) is 12.4. The summed E-state index contributed by atoms with van der Waals surface area (Å²) < 4.78 is 35.0. The van der Waals surface area contributed by atoms with Gasteiger partial charge in [-0.15, -0.1) is 0 Å². The number of aliphatic hydroxyl groups excluding tert-OH is 1. The van der Waals surface area contributed by atoms with Gasteiger partial charge in [-0.2, -0.15) is 0 Å². The zero-order valence-corrected chi connectivity index (χ0v) is 43.4. The molecule has 0 bridgehead atoms. The van der Waals surface area contributed by atoms with Crippen molar-refractivity contribution in [3.8, 4) is 50.6 Å². The van der Waals surface area contributed by atoms with Gasteiger partial charge in [-0.1, -0.05) is 27.7 Å². The molecular weight excluding hydrogens is 947 g/mol. The Morgan fingerprint density at radius 1 is 0.676 bits per heavy atom. The molecule has 8 N–H and O–H groups in total. The van der Waals surface area contributed by atoms with Gasteiger partial charge in [-0.05, 0) is 170 Å². The van der Waals surface area contributed by atoms with E-state index in [0.29, 0.717) is 52.6 Å². The number of pyridine rings is 4. The van der Waals surface area contributed by atoms with Gasteiger partial charge in [0.1, 0.15) is 24.1 Å². The Hall–Kier alpha value is -7.86. The minimum absolute atomic E-state index is 0.0941. The van der Waals surface area contributed by atoms with E-state index in [2.05, 4.69) is 66.1 Å². The van der Waals surface area contributed by atoms with Gasteiger partial charge in [0.25, 0.3) is 0 Å². The zero-order chi connectivity index (χ0) is 54.0. The second-order valence-corrected chi connectivity index (χ2v) is 18.7. The number of primary amides is 1. The molecule has 0 unspecified atom stereocenters. The minimum Gasteiger partial charge on any atom is -0.475 e. The summed E-state index contributed by atoms with van der Waals surface area (Å²) in [5.41, 5.74) is 13.4. The number of carbonyl (C=O) groups is 4. The number of benzene rings is 2. The standard InChI is InChI=1S/C27H31FN4O3.C26H28FN5O2.C2H6.CH3NO/c1-17-12-22(28)24(32-26(34)30-9-7-27(3)5-6-27)16-21(17)20-14-23(19-4-8-29-18(2)13-19)31-25(15-20)35-11-10-33;1-16-12-21(27)23(32-25(34)30-11-8-26(3)6-7-26)15-20(16)18-4-9-28-22(13-18)19-5-10-29-24(14-19)31-17(2)33;1-2;2-1-3/h4,8,12-16,33H,5-7,9-11H2,1-3H3,(H2,30,32,34);4-5,9-10,12-15H,6-8,11H2,1-3H3,(H,29,31,33)(H2,30,32,34);1-2H3;1H,(H2,2,3). The molecule has 2 aliphatic rings. The number of ether oxygens (including phenoxy) is 1. The Bertz CT molecular complexity index is 2910. The number of aromatic nitrogens is 4. The van der Waals surface area contributed by atoms with E-state index in [4.69, 9.17) is 9.53 Å². The first-order valence-electron chi connectivity index (χ1n) is 24.7. The molecule has 0 saturated heterocycles. The fourth-order valence-electron chi connectivity index (χ4n) is 7.71. The maximum atomic E-state index is 14.7. The molecule has 2 aromatic carbocycles. The quantitative estimate of drug-likeness (QED) is 0.0453. The van der Waals surface area contributed by atoms with E-state index < -0.39 is 23.7 Å². The van der Waals surface area contributed by atoms with Gasteiger partial charge >= 0.3 is 12.1 Å². The third kappa shape index (κ3) is 17.1. The summed E-state index contributed by atoms with van der Waals surface area (Å²) in [5, 5.41) is 22.8. The number of nitrogens with one attached hydrogen (secondary N) is 5. The Balaban J connectivity index is 0.000000252. The van der Waals surface area contributed by atoms with E-state index in [1.807, 2.05) is 65.0 Å². The number of aryl methyl sites for hydroxylation is 3. The van der Waals surface area contributed by atoms with Crippen molar-refractivity contribution in [2.24, 2.45) is 16.6 Å². The van der Waals surface area contributed by atoms with E-state index in [-0.39, 0.29) is 36.9 Å². The molecule has 0 spiro atoms. The molecular formula is C56H68F2N10O6. The highest BCUT2D eigenvalue weighted by molar-refractivity contribution is 5.92. The van der Waals surface area contributed by atoms with Crippen molar-refractivity contribution in [1.82, 2.24) is 30.6 Å². The van der Waals surface area contributed by atoms with Gasteiger partial charge in [-0.3, -0.25) is 19.6 Å². The number of carbonyl (C=O) groups excluding carboxylic acids is 4. The van der Waals surface area contributed by atoms with Gasteiger partial charge in [0.15, 0.2) is 0 Å². The van der Waals surface area contributed by atoms with Crippen LogP contribution < -0.4 is 37.1 Å². The molecule has 2 saturated carbocycles. The highest BCUT2D eigenvalue weighted by Gasteiger charge is 2.37. The van der Waals surface area contributed by atoms with Crippen LogP contribution in [0.25, 0.3) is 44.8 Å². The summed E-state index contributed by atoms with van der Waals surface area (Å²) in [6, 6.07) is 19.9. The smallest absolute Gasteiger partial charge is 0.319 e. The van der Waals surface area contributed by atoms with Gasteiger partial charge in [0.05, 0.1) is 29.4 Å². The van der Waals surface area contributed by atoms with Crippen LogP contribution in [-0.2, 0) is 9.59 Å². The second kappa shape index (κ2) is 26.7. The Morgan fingerprint density at radius 3 is 1.68 bits per heavy atom. The number of anilines is 3. The van der Waals surface area contributed by atoms with E-state index in [9.17, 15) is 28.3 Å². The van der Waals surface area contributed by atoms with Crippen LogP contribution >= 0.6 is 0 Å². The molecule has 74 heavy (non-hydrogen) atoms. The lowest BCUT2D eigenvalue weighted by Gasteiger charge is -2.15. The van der Waals surface area contributed by atoms with E-state index in [1.165, 1.54) is 44.7 Å². The van der Waals surface area contributed by atoms with Crippen LogP contribution in [0.5, 0.6) is 5.88 Å². The average molecular weight is 1020 g/mol. The summed E-state index contributed by atoms with van der Waals surface area (Å²) in [6.45, 7) is 16.4. The molecule has 16 nitrogen and oxygen atoms in total. The van der Waals surface area contributed by atoms with Crippen LogP contribution in [0.3, 0.4) is 0 Å². The van der Waals surface area contributed by atoms with E-state index >= 15 is 0 Å². The van der Waals surface area contributed by atoms with Crippen LogP contribution in [0.1, 0.15) is 90.0 Å². The Morgan fingerprint density at radius 2 is 1.16 bits per heavy atom. The third-order valence-corrected chi connectivity index (χ3v) is 12.4. The number of aliphatic hydroxyl groups is 1. The maximum absolute atomic E-state index is 14.7. The first-order chi connectivity index (χ1) is 35.4. The SMILES string of the molecule is CC.CC(=O)Nc1cc(-c2cc(-c3cc(NC(=O)NCCC4(C)CC4)c(F)cc3C)ccn2)ccn1.Cc1cc(-c2cc(-c3cc(NC(=O)NCCC4(C)CC4)c(F)cc3C)cc(OCCO)n2)ccn1.NC=O. The van der Waals surface area contributed by atoms with Crippen LogP contribution in [0.4, 0.5) is 35.6 Å². The summed E-state index contributed by atoms with van der Waals surface area (Å²) in [6.07, 6.45) is 11.8. The van der Waals surface area contributed by atoms with Crippen LogP contribution in [0.2, 0.25) is 0 Å². The van der Waals surface area contributed by atoms with Crippen molar-refractivity contribution in [1.29, 1.82) is 0 Å². The Kier molecular flexibility index (Phi) is 20.6. The molecule has 2 fully saturated rings. The molecule has 18 heteroatoms. The highest BCUT2D eigenvalue weighted by atomic mass is 19.1. The molecule has 0 radical (unpaired) electrons. The van der Waals surface area contributed by atoms with Gasteiger partial charge in [0, 0.05) is 61.5 Å². The normalized spacial score (nSPS) is 13.1. The number of urea groups is 2. The Labute approximate surface area is 431 Å². The molecule has 2 aliphatic carbocycles. The molecule has 4 aromatic heterocycles. The number of rotatable bonds is 16. The largest absolute Gasteiger partial charge is 0.475 e. The number of nitrogens with two attached hydrogens (primary N) is 1. The van der Waals surface area contributed by atoms with Crippen molar-refractivity contribution in [3.63, 3.8) is 0 Å². The van der Waals surface area contributed by atoms with E-state index in [1.54, 1.807) is 48.9 Å². The van der Waals surface area contributed by atoms with Crippen molar-refractivity contribution in [2.75, 3.05) is 42.3 Å². The van der Waals surface area contributed by atoms with Gasteiger partial charge in [0.2, 0.25) is 18.2 Å². The summed E-state index contributed by atoms with van der Waals surface area (Å²) in [4.78, 5) is 62.0. The second-order valence-electron chi connectivity index (χ2n) is 18.7. The molecule has 0 aliphatic heterocycles. The predicted molar refractivity (Wildman–Crippen MR) is 286 cm³/mol. The lowest BCUT2D eigenvalue weighted by atomic mass is 9.98. The molecule has 6 aromatic rings. The van der Waals surface area contributed by atoms with Crippen LogP contribution in [-0.4, -0.2) is 75.7 Å². The first kappa shape index (κ1) is 57.0. The number of halogens is 2. The first-order valence-corrected chi connectivity index (χ1v) is 24.7. The zero-order valence-electron chi connectivity index (χ0n) is 43.4.